The van der Waals surface area contributed by atoms with Crippen molar-refractivity contribution in [3.63, 3.8) is 0 Å². The number of carbonyl (C=O) groups excluding carboxylic acids is 1. The fraction of sp³-hybridized carbons (Fsp3) is 0.588. The number of likely N-dealkylation sites (tertiary alicyclic amines) is 1. The monoisotopic (exact) mass is 359 g/mol. The molecule has 0 radical (unpaired) electrons. The second-order valence-corrected chi connectivity index (χ2v) is 6.42. The normalized spacial score (nSPS) is 22.4. The van der Waals surface area contributed by atoms with Crippen molar-refractivity contribution < 1.29 is 4.79 Å². The Balaban J connectivity index is 0.00000132. The first-order valence-electron chi connectivity index (χ1n) is 8.00. The molecule has 130 valence electrons. The van der Waals surface area contributed by atoms with Crippen LogP contribution in [0.15, 0.2) is 30.3 Å². The molecule has 0 saturated carbocycles. The molecule has 2 N–H and O–H groups in total. The lowest BCUT2D eigenvalue weighted by atomic mass is 9.88. The molecule has 2 unspecified atom stereocenters. The minimum Gasteiger partial charge on any atom is -0.352 e. The number of benzene rings is 1. The molecule has 0 spiro atoms. The van der Waals surface area contributed by atoms with E-state index in [4.69, 9.17) is 0 Å². The number of hydrogen-bond donors (Lipinski definition) is 2. The van der Waals surface area contributed by atoms with Gasteiger partial charge in [-0.2, -0.15) is 0 Å². The van der Waals surface area contributed by atoms with Crippen LogP contribution in [0.1, 0.15) is 18.9 Å². The van der Waals surface area contributed by atoms with Gasteiger partial charge in [-0.3, -0.25) is 9.69 Å². The summed E-state index contributed by atoms with van der Waals surface area (Å²) >= 11 is 0. The van der Waals surface area contributed by atoms with Gasteiger partial charge in [0.15, 0.2) is 0 Å². The van der Waals surface area contributed by atoms with Crippen molar-refractivity contribution in [2.24, 2.45) is 11.8 Å². The first-order chi connectivity index (χ1) is 10.2. The lowest BCUT2D eigenvalue weighted by Gasteiger charge is -2.32. The smallest absolute Gasteiger partial charge is 0.223 e. The molecule has 2 saturated heterocycles. The van der Waals surface area contributed by atoms with Gasteiger partial charge >= 0.3 is 0 Å². The molecular formula is C17H27Cl2N3O. The van der Waals surface area contributed by atoms with Crippen LogP contribution in [0, 0.1) is 11.8 Å². The molecular weight excluding hydrogens is 333 g/mol. The Morgan fingerprint density at radius 1 is 1.30 bits per heavy atom. The number of hydrogen-bond acceptors (Lipinski definition) is 3. The minimum atomic E-state index is 0. The highest BCUT2D eigenvalue weighted by molar-refractivity contribution is 5.85. The van der Waals surface area contributed by atoms with Gasteiger partial charge in [-0.1, -0.05) is 37.3 Å². The third-order valence-electron chi connectivity index (χ3n) is 4.80. The molecule has 1 aromatic rings. The van der Waals surface area contributed by atoms with Crippen molar-refractivity contribution in [3.05, 3.63) is 35.9 Å². The van der Waals surface area contributed by atoms with Crippen LogP contribution in [-0.2, 0) is 11.3 Å². The van der Waals surface area contributed by atoms with E-state index in [1.54, 1.807) is 0 Å². The molecule has 1 amide bonds. The molecule has 2 atom stereocenters. The highest BCUT2D eigenvalue weighted by atomic mass is 35.5. The van der Waals surface area contributed by atoms with E-state index in [1.807, 2.05) is 6.07 Å². The molecule has 3 rings (SSSR count). The molecule has 23 heavy (non-hydrogen) atoms. The Labute approximate surface area is 151 Å². The molecule has 0 aromatic heterocycles. The fourth-order valence-electron chi connectivity index (χ4n) is 3.15. The van der Waals surface area contributed by atoms with Crippen molar-refractivity contribution in [2.75, 3.05) is 26.2 Å². The van der Waals surface area contributed by atoms with E-state index in [0.29, 0.717) is 12.0 Å². The molecule has 4 nitrogen and oxygen atoms in total. The van der Waals surface area contributed by atoms with Gasteiger partial charge in [0.25, 0.3) is 0 Å². The van der Waals surface area contributed by atoms with Gasteiger partial charge in [0, 0.05) is 31.6 Å². The molecule has 2 aliphatic heterocycles. The second kappa shape index (κ2) is 9.48. The van der Waals surface area contributed by atoms with Crippen LogP contribution in [0.3, 0.4) is 0 Å². The average molecular weight is 360 g/mol. The summed E-state index contributed by atoms with van der Waals surface area (Å²) in [6.45, 7) is 7.04. The van der Waals surface area contributed by atoms with Crippen molar-refractivity contribution in [2.45, 2.75) is 25.9 Å². The lowest BCUT2D eigenvalue weighted by Crippen LogP contribution is -2.51. The SMILES string of the molecule is CC(C(=O)NC1CCN(Cc2ccccc2)C1)C1CNC1.Cl.Cl. The minimum absolute atomic E-state index is 0. The first-order valence-corrected chi connectivity index (χ1v) is 8.00. The number of rotatable bonds is 5. The predicted octanol–water partition coefficient (Wildman–Crippen LogP) is 2.08. The van der Waals surface area contributed by atoms with Crippen LogP contribution in [0.25, 0.3) is 0 Å². The van der Waals surface area contributed by atoms with E-state index in [9.17, 15) is 4.79 Å². The van der Waals surface area contributed by atoms with Crippen LogP contribution in [0.5, 0.6) is 0 Å². The van der Waals surface area contributed by atoms with Crippen molar-refractivity contribution in [1.82, 2.24) is 15.5 Å². The topological polar surface area (TPSA) is 44.4 Å². The van der Waals surface area contributed by atoms with E-state index < -0.39 is 0 Å². The van der Waals surface area contributed by atoms with Crippen molar-refractivity contribution in [1.29, 1.82) is 0 Å². The maximum Gasteiger partial charge on any atom is 0.223 e. The molecule has 6 heteroatoms. The second-order valence-electron chi connectivity index (χ2n) is 6.42. The van der Waals surface area contributed by atoms with Gasteiger partial charge in [-0.05, 0) is 31.0 Å². The van der Waals surface area contributed by atoms with Crippen LogP contribution in [-0.4, -0.2) is 43.0 Å². The largest absolute Gasteiger partial charge is 0.352 e. The zero-order valence-corrected chi connectivity index (χ0v) is 15.2. The number of nitrogens with zero attached hydrogens (tertiary/aromatic N) is 1. The molecule has 2 heterocycles. The van der Waals surface area contributed by atoms with Gasteiger partial charge in [0.1, 0.15) is 0 Å². The van der Waals surface area contributed by atoms with Gasteiger partial charge in [-0.15, -0.1) is 24.8 Å². The summed E-state index contributed by atoms with van der Waals surface area (Å²) in [5.41, 5.74) is 1.35. The summed E-state index contributed by atoms with van der Waals surface area (Å²) in [6.07, 6.45) is 1.06. The number of amides is 1. The Bertz CT molecular complexity index is 482. The molecule has 0 bridgehead atoms. The third-order valence-corrected chi connectivity index (χ3v) is 4.80. The standard InChI is InChI=1S/C17H25N3O.2ClH/c1-13(15-9-18-10-15)17(21)19-16-7-8-20(12-16)11-14-5-3-2-4-6-14;;/h2-6,13,15-16,18H,7-12H2,1H3,(H,19,21);2*1H. The van der Waals surface area contributed by atoms with Gasteiger partial charge in [0.05, 0.1) is 0 Å². The summed E-state index contributed by atoms with van der Waals surface area (Å²) in [5, 5.41) is 6.47. The molecule has 1 aromatic carbocycles. The Morgan fingerprint density at radius 2 is 2.00 bits per heavy atom. The third kappa shape index (κ3) is 5.35. The van der Waals surface area contributed by atoms with Crippen LogP contribution >= 0.6 is 24.8 Å². The number of nitrogens with one attached hydrogen (secondary N) is 2. The summed E-state index contributed by atoms with van der Waals surface area (Å²) < 4.78 is 0. The first kappa shape index (κ1) is 20.2. The van der Waals surface area contributed by atoms with Crippen LogP contribution in [0.4, 0.5) is 0 Å². The highest BCUT2D eigenvalue weighted by Crippen LogP contribution is 2.18. The maximum absolute atomic E-state index is 12.2. The van der Waals surface area contributed by atoms with Gasteiger partial charge < -0.3 is 10.6 Å². The van der Waals surface area contributed by atoms with Crippen molar-refractivity contribution in [3.8, 4) is 0 Å². The van der Waals surface area contributed by atoms with Crippen LogP contribution in [0.2, 0.25) is 0 Å². The number of halogens is 2. The Kier molecular flexibility index (Phi) is 8.34. The predicted molar refractivity (Wildman–Crippen MR) is 98.3 cm³/mol. The van der Waals surface area contributed by atoms with Crippen LogP contribution < -0.4 is 10.6 Å². The van der Waals surface area contributed by atoms with E-state index >= 15 is 0 Å². The number of carbonyl (C=O) groups is 1. The highest BCUT2D eigenvalue weighted by Gasteiger charge is 2.31. The molecule has 0 aliphatic carbocycles. The van der Waals surface area contributed by atoms with Gasteiger partial charge in [0.2, 0.25) is 5.91 Å². The summed E-state index contributed by atoms with van der Waals surface area (Å²) in [4.78, 5) is 14.7. The molecule has 2 aliphatic rings. The van der Waals surface area contributed by atoms with Gasteiger partial charge in [-0.25, -0.2) is 0 Å². The van der Waals surface area contributed by atoms with E-state index in [0.717, 1.165) is 39.1 Å². The van der Waals surface area contributed by atoms with E-state index in [2.05, 4.69) is 46.7 Å². The Hall–Kier alpha value is -0.810. The zero-order valence-electron chi connectivity index (χ0n) is 13.5. The van der Waals surface area contributed by atoms with Crippen molar-refractivity contribution >= 4 is 30.7 Å². The summed E-state index contributed by atoms with van der Waals surface area (Å²) in [6, 6.07) is 10.9. The Morgan fingerprint density at radius 3 is 2.61 bits per heavy atom. The quantitative estimate of drug-likeness (QED) is 0.845. The summed E-state index contributed by atoms with van der Waals surface area (Å²) in [5.74, 6) is 0.884. The summed E-state index contributed by atoms with van der Waals surface area (Å²) in [7, 11) is 0. The van der Waals surface area contributed by atoms with E-state index in [-0.39, 0.29) is 36.6 Å². The van der Waals surface area contributed by atoms with E-state index in [1.165, 1.54) is 5.56 Å². The zero-order chi connectivity index (χ0) is 14.7. The maximum atomic E-state index is 12.2. The average Bonchev–Trinajstić information content (AvgIpc) is 2.85. The fourth-order valence-corrected chi connectivity index (χ4v) is 3.15. The molecule has 2 fully saturated rings. The lowest BCUT2D eigenvalue weighted by molar-refractivity contribution is -0.127.